The molecule has 0 spiro atoms. The lowest BCUT2D eigenvalue weighted by Crippen LogP contribution is -2.08. The molecule has 2 heterocycles. The molecular weight excluding hydrogens is 417 g/mol. The van der Waals surface area contributed by atoms with Gasteiger partial charge in [-0.05, 0) is 43.2 Å². The summed E-state index contributed by atoms with van der Waals surface area (Å²) in [4.78, 5) is 4.31. The first kappa shape index (κ1) is 21.5. The molecule has 0 saturated carbocycles. The zero-order valence-corrected chi connectivity index (χ0v) is 17.8. The number of aromatic nitrogens is 3. The molecule has 164 valence electrons. The molecule has 0 unspecified atom stereocenters. The first-order valence-electron chi connectivity index (χ1n) is 9.95. The highest BCUT2D eigenvalue weighted by Gasteiger charge is 2.32. The predicted octanol–water partition coefficient (Wildman–Crippen LogP) is 6.00. The van der Waals surface area contributed by atoms with Gasteiger partial charge in [-0.3, -0.25) is 0 Å². The summed E-state index contributed by atoms with van der Waals surface area (Å²) in [6.45, 7) is 3.36. The number of fused-ring (bicyclic) bond motifs is 1. The van der Waals surface area contributed by atoms with Gasteiger partial charge in [-0.25, -0.2) is 4.98 Å². The van der Waals surface area contributed by atoms with Crippen LogP contribution < -0.4 is 10.1 Å². The van der Waals surface area contributed by atoms with E-state index < -0.39 is 11.7 Å². The van der Waals surface area contributed by atoms with Crippen LogP contribution in [0.3, 0.4) is 0 Å². The highest BCUT2D eigenvalue weighted by atomic mass is 19.4. The van der Waals surface area contributed by atoms with E-state index in [1.807, 2.05) is 37.3 Å². The second-order valence-electron chi connectivity index (χ2n) is 7.54. The van der Waals surface area contributed by atoms with Crippen molar-refractivity contribution in [2.75, 3.05) is 12.4 Å². The van der Waals surface area contributed by atoms with E-state index in [-0.39, 0.29) is 5.56 Å². The molecule has 0 aliphatic rings. The molecule has 4 aromatic rings. The van der Waals surface area contributed by atoms with Gasteiger partial charge in [0.25, 0.3) is 0 Å². The maximum atomic E-state index is 13.3. The molecular formula is C24H21F3N4O. The summed E-state index contributed by atoms with van der Waals surface area (Å²) >= 11 is 0. The average molecular weight is 438 g/mol. The SMILES string of the molecule is COc1ncc(Cc2nnc(Nc3ccc(C)c(C(F)(F)F)c3)c3ccccc23)cc1C. The number of hydrogen-bond donors (Lipinski definition) is 1. The number of hydrogen-bond acceptors (Lipinski definition) is 5. The number of aryl methyl sites for hydroxylation is 2. The largest absolute Gasteiger partial charge is 0.481 e. The molecule has 0 aliphatic heterocycles. The van der Waals surface area contributed by atoms with E-state index in [4.69, 9.17) is 4.74 Å². The molecule has 0 atom stereocenters. The number of rotatable bonds is 5. The molecule has 32 heavy (non-hydrogen) atoms. The van der Waals surface area contributed by atoms with Crippen LogP contribution in [-0.4, -0.2) is 22.3 Å². The van der Waals surface area contributed by atoms with Crippen LogP contribution in [0.5, 0.6) is 5.88 Å². The number of anilines is 2. The van der Waals surface area contributed by atoms with Crippen LogP contribution >= 0.6 is 0 Å². The first-order valence-corrected chi connectivity index (χ1v) is 9.95. The quantitative estimate of drug-likeness (QED) is 0.414. The molecule has 2 aromatic carbocycles. The van der Waals surface area contributed by atoms with E-state index in [0.717, 1.165) is 33.7 Å². The van der Waals surface area contributed by atoms with Crippen LogP contribution in [0.2, 0.25) is 0 Å². The van der Waals surface area contributed by atoms with Crippen LogP contribution in [-0.2, 0) is 12.6 Å². The summed E-state index contributed by atoms with van der Waals surface area (Å²) in [5, 5.41) is 13.3. The van der Waals surface area contributed by atoms with E-state index in [1.54, 1.807) is 19.4 Å². The molecule has 0 fully saturated rings. The fraction of sp³-hybridized carbons (Fsp3) is 0.208. The zero-order valence-electron chi connectivity index (χ0n) is 17.8. The average Bonchev–Trinajstić information content (AvgIpc) is 2.76. The number of alkyl halides is 3. The van der Waals surface area contributed by atoms with Gasteiger partial charge in [-0.15, -0.1) is 5.10 Å². The molecule has 4 rings (SSSR count). The van der Waals surface area contributed by atoms with E-state index in [2.05, 4.69) is 20.5 Å². The molecule has 2 aromatic heterocycles. The van der Waals surface area contributed by atoms with Gasteiger partial charge in [-0.1, -0.05) is 30.3 Å². The van der Waals surface area contributed by atoms with Gasteiger partial charge in [0.15, 0.2) is 5.82 Å². The summed E-state index contributed by atoms with van der Waals surface area (Å²) in [5.74, 6) is 0.964. The van der Waals surface area contributed by atoms with Crippen molar-refractivity contribution in [3.05, 3.63) is 82.7 Å². The molecule has 0 aliphatic carbocycles. The number of pyridine rings is 1. The van der Waals surface area contributed by atoms with Crippen LogP contribution in [0.15, 0.2) is 54.7 Å². The van der Waals surface area contributed by atoms with Gasteiger partial charge >= 0.3 is 6.18 Å². The van der Waals surface area contributed by atoms with E-state index in [9.17, 15) is 13.2 Å². The van der Waals surface area contributed by atoms with Gasteiger partial charge in [0.2, 0.25) is 5.88 Å². The second-order valence-corrected chi connectivity index (χ2v) is 7.54. The maximum Gasteiger partial charge on any atom is 0.416 e. The Kier molecular flexibility index (Phi) is 5.69. The zero-order chi connectivity index (χ0) is 22.9. The molecule has 0 bridgehead atoms. The standard InChI is InChI=1S/C24H21F3N4O/c1-14-8-9-17(12-20(14)24(25,26)27)29-22-19-7-5-4-6-18(19)21(30-31-22)11-16-10-15(2)23(32-3)28-13-16/h4-10,12-13H,11H2,1-3H3,(H,29,31). The fourth-order valence-electron chi connectivity index (χ4n) is 3.65. The van der Waals surface area contributed by atoms with Crippen LogP contribution in [0, 0.1) is 13.8 Å². The Hall–Kier alpha value is -3.68. The topological polar surface area (TPSA) is 59.9 Å². The lowest BCUT2D eigenvalue weighted by Gasteiger charge is -2.14. The Morgan fingerprint density at radius 3 is 2.38 bits per heavy atom. The number of benzene rings is 2. The normalized spacial score (nSPS) is 11.6. The molecule has 5 nitrogen and oxygen atoms in total. The fourth-order valence-corrected chi connectivity index (χ4v) is 3.65. The van der Waals surface area contributed by atoms with E-state index in [1.165, 1.54) is 13.0 Å². The van der Waals surface area contributed by atoms with E-state index in [0.29, 0.717) is 23.8 Å². The van der Waals surface area contributed by atoms with Gasteiger partial charge < -0.3 is 10.1 Å². The molecule has 0 radical (unpaired) electrons. The van der Waals surface area contributed by atoms with Crippen molar-refractivity contribution in [1.82, 2.24) is 15.2 Å². The Labute approximate surface area is 183 Å². The van der Waals surface area contributed by atoms with Crippen LogP contribution in [0.4, 0.5) is 24.7 Å². The second kappa shape index (κ2) is 8.45. The summed E-state index contributed by atoms with van der Waals surface area (Å²) in [7, 11) is 1.57. The van der Waals surface area contributed by atoms with Crippen molar-refractivity contribution >= 4 is 22.3 Å². The van der Waals surface area contributed by atoms with Crippen molar-refractivity contribution in [3.63, 3.8) is 0 Å². The molecule has 8 heteroatoms. The maximum absolute atomic E-state index is 13.3. The third-order valence-electron chi connectivity index (χ3n) is 5.22. The Morgan fingerprint density at radius 2 is 1.69 bits per heavy atom. The lowest BCUT2D eigenvalue weighted by molar-refractivity contribution is -0.138. The van der Waals surface area contributed by atoms with Crippen molar-refractivity contribution in [2.45, 2.75) is 26.4 Å². The third kappa shape index (κ3) is 4.34. The summed E-state index contributed by atoms with van der Waals surface area (Å²) in [6, 6.07) is 13.6. The monoisotopic (exact) mass is 438 g/mol. The summed E-state index contributed by atoms with van der Waals surface area (Å²) in [5.41, 5.74) is 2.40. The minimum atomic E-state index is -4.43. The molecule has 1 N–H and O–H groups in total. The van der Waals surface area contributed by atoms with E-state index >= 15 is 0 Å². The number of ether oxygens (including phenoxy) is 1. The van der Waals surface area contributed by atoms with Crippen molar-refractivity contribution in [3.8, 4) is 5.88 Å². The summed E-state index contributed by atoms with van der Waals surface area (Å²) < 4.78 is 45.1. The predicted molar refractivity (Wildman–Crippen MR) is 117 cm³/mol. The highest BCUT2D eigenvalue weighted by molar-refractivity contribution is 5.94. The number of nitrogens with zero attached hydrogens (tertiary/aromatic N) is 3. The molecule has 0 saturated heterocycles. The van der Waals surface area contributed by atoms with Crippen LogP contribution in [0.1, 0.15) is 27.9 Å². The highest BCUT2D eigenvalue weighted by Crippen LogP contribution is 2.35. The smallest absolute Gasteiger partial charge is 0.416 e. The van der Waals surface area contributed by atoms with Crippen LogP contribution in [0.25, 0.3) is 10.8 Å². The Balaban J connectivity index is 1.69. The van der Waals surface area contributed by atoms with Gasteiger partial charge in [0.1, 0.15) is 0 Å². The minimum absolute atomic E-state index is 0.165. The van der Waals surface area contributed by atoms with Gasteiger partial charge in [0.05, 0.1) is 18.4 Å². The van der Waals surface area contributed by atoms with Crippen molar-refractivity contribution in [2.24, 2.45) is 0 Å². The molecule has 0 amide bonds. The summed E-state index contributed by atoms with van der Waals surface area (Å²) in [6.07, 6.45) is -2.18. The Bertz CT molecular complexity index is 1290. The van der Waals surface area contributed by atoms with Gasteiger partial charge in [-0.2, -0.15) is 18.3 Å². The van der Waals surface area contributed by atoms with Crippen molar-refractivity contribution in [1.29, 1.82) is 0 Å². The van der Waals surface area contributed by atoms with Crippen molar-refractivity contribution < 1.29 is 17.9 Å². The van der Waals surface area contributed by atoms with Gasteiger partial charge in [0, 0.05) is 34.6 Å². The third-order valence-corrected chi connectivity index (χ3v) is 5.22. The first-order chi connectivity index (χ1) is 15.3. The number of methoxy groups -OCH3 is 1. The Morgan fingerprint density at radius 1 is 0.938 bits per heavy atom. The minimum Gasteiger partial charge on any atom is -0.481 e. The number of nitrogens with one attached hydrogen (secondary N) is 1. The number of halogens is 3. The lowest BCUT2D eigenvalue weighted by atomic mass is 10.0.